The highest BCUT2D eigenvalue weighted by molar-refractivity contribution is 6.09. The number of carbonyl (C=O) groups is 1. The maximum atomic E-state index is 10.2. The second-order valence-corrected chi connectivity index (χ2v) is 1.56. The molecule has 0 heterocycles. The van der Waals surface area contributed by atoms with Crippen LogP contribution in [0.3, 0.4) is 0 Å². The molecule has 0 fully saturated rings. The summed E-state index contributed by atoms with van der Waals surface area (Å²) in [4.78, 5) is 10.2. The summed E-state index contributed by atoms with van der Waals surface area (Å²) >= 11 is 0. The van der Waals surface area contributed by atoms with Gasteiger partial charge >= 0.3 is 5.97 Å². The summed E-state index contributed by atoms with van der Waals surface area (Å²) in [6.07, 6.45) is 0.705. The smallest absolute Gasteiger partial charge is 0.370 e. The molecule has 8 heavy (non-hydrogen) atoms. The van der Waals surface area contributed by atoms with Crippen LogP contribution in [-0.2, 0) is 9.22 Å². The van der Waals surface area contributed by atoms with Gasteiger partial charge in [-0.1, -0.05) is 12.8 Å². The minimum atomic E-state index is -0.404. The standard InChI is InChI=1S/C5H8O2Si/c1-2-3-4-5(6)7-8/h2H2,1,8H3. The molecule has 0 atom stereocenters. The fraction of sp³-hybridized carbons (Fsp3) is 0.400. The molecule has 0 rings (SSSR count). The van der Waals surface area contributed by atoms with Crippen molar-refractivity contribution in [3.63, 3.8) is 0 Å². The van der Waals surface area contributed by atoms with Gasteiger partial charge in [0.15, 0.2) is 0 Å². The Morgan fingerprint density at radius 2 is 2.50 bits per heavy atom. The molecule has 44 valence electrons. The molecule has 0 saturated carbocycles. The largest absolute Gasteiger partial charge is 0.519 e. The van der Waals surface area contributed by atoms with Gasteiger partial charge in [-0.25, -0.2) is 4.79 Å². The maximum Gasteiger partial charge on any atom is 0.370 e. The van der Waals surface area contributed by atoms with Gasteiger partial charge in [-0.2, -0.15) is 0 Å². The van der Waals surface area contributed by atoms with Crippen LogP contribution in [0.15, 0.2) is 0 Å². The second kappa shape index (κ2) is 4.41. The van der Waals surface area contributed by atoms with Gasteiger partial charge in [-0.05, 0) is 0 Å². The molecule has 3 heteroatoms. The monoisotopic (exact) mass is 128 g/mol. The van der Waals surface area contributed by atoms with Crippen LogP contribution in [0.25, 0.3) is 0 Å². The summed E-state index contributed by atoms with van der Waals surface area (Å²) in [5.41, 5.74) is 0. The van der Waals surface area contributed by atoms with E-state index in [0.717, 1.165) is 0 Å². The van der Waals surface area contributed by atoms with Gasteiger partial charge in [0, 0.05) is 12.3 Å². The predicted molar refractivity (Wildman–Crippen MR) is 34.1 cm³/mol. The highest BCUT2D eigenvalue weighted by Gasteiger charge is 1.84. The predicted octanol–water partition coefficient (Wildman–Crippen LogP) is -0.777. The van der Waals surface area contributed by atoms with Gasteiger partial charge in [0.2, 0.25) is 10.5 Å². The third-order valence-corrected chi connectivity index (χ3v) is 0.923. The van der Waals surface area contributed by atoms with Crippen LogP contribution < -0.4 is 0 Å². The van der Waals surface area contributed by atoms with Crippen LogP contribution in [-0.4, -0.2) is 16.5 Å². The first-order valence-corrected chi connectivity index (χ1v) is 3.19. The van der Waals surface area contributed by atoms with E-state index in [4.69, 9.17) is 0 Å². The van der Waals surface area contributed by atoms with Gasteiger partial charge in [0.25, 0.3) is 0 Å². The molecule has 0 aromatic rings. The van der Waals surface area contributed by atoms with Gasteiger partial charge < -0.3 is 4.43 Å². The Balaban J connectivity index is 3.52. The van der Waals surface area contributed by atoms with E-state index in [1.807, 2.05) is 6.92 Å². The molecule has 0 aliphatic carbocycles. The lowest BCUT2D eigenvalue weighted by Crippen LogP contribution is -1.95. The van der Waals surface area contributed by atoms with Crippen LogP contribution in [0.2, 0.25) is 0 Å². The summed E-state index contributed by atoms with van der Waals surface area (Å²) in [5, 5.41) is 0. The Morgan fingerprint density at radius 3 is 2.88 bits per heavy atom. The molecule has 0 radical (unpaired) electrons. The van der Waals surface area contributed by atoms with E-state index in [0.29, 0.717) is 16.9 Å². The van der Waals surface area contributed by atoms with Gasteiger partial charge in [0.1, 0.15) is 0 Å². The molecular formula is C5H8O2Si. The minimum absolute atomic E-state index is 0.404. The first-order valence-electron chi connectivity index (χ1n) is 2.38. The first-order chi connectivity index (χ1) is 3.81. The number of hydrogen-bond donors (Lipinski definition) is 0. The molecule has 0 saturated heterocycles. The molecule has 0 aromatic heterocycles. The Morgan fingerprint density at radius 1 is 1.88 bits per heavy atom. The van der Waals surface area contributed by atoms with Crippen molar-refractivity contribution in [2.75, 3.05) is 0 Å². The van der Waals surface area contributed by atoms with E-state index in [9.17, 15) is 4.79 Å². The lowest BCUT2D eigenvalue weighted by atomic mass is 10.5. The molecule has 0 aromatic carbocycles. The Labute approximate surface area is 51.8 Å². The Kier molecular flexibility index (Phi) is 3.99. The van der Waals surface area contributed by atoms with Crippen molar-refractivity contribution in [3.05, 3.63) is 0 Å². The number of rotatable bonds is 0. The van der Waals surface area contributed by atoms with E-state index >= 15 is 0 Å². The van der Waals surface area contributed by atoms with Crippen molar-refractivity contribution < 1.29 is 9.22 Å². The van der Waals surface area contributed by atoms with E-state index in [-0.39, 0.29) is 0 Å². The van der Waals surface area contributed by atoms with Crippen molar-refractivity contribution in [1.82, 2.24) is 0 Å². The molecule has 2 nitrogen and oxygen atoms in total. The van der Waals surface area contributed by atoms with Crippen molar-refractivity contribution in [3.8, 4) is 11.8 Å². The second-order valence-electron chi connectivity index (χ2n) is 1.15. The van der Waals surface area contributed by atoms with Gasteiger partial charge in [-0.3, -0.25) is 0 Å². The normalized spacial score (nSPS) is 7.12. The topological polar surface area (TPSA) is 26.3 Å². The van der Waals surface area contributed by atoms with Crippen LogP contribution >= 0.6 is 0 Å². The number of carbonyl (C=O) groups excluding carboxylic acids is 1. The number of hydrogen-bond acceptors (Lipinski definition) is 2. The molecule has 0 aliphatic heterocycles. The molecule has 0 aliphatic rings. The zero-order valence-corrected chi connectivity index (χ0v) is 7.02. The van der Waals surface area contributed by atoms with Crippen LogP contribution in [0.1, 0.15) is 13.3 Å². The fourth-order valence-electron chi connectivity index (χ4n) is 0.212. The summed E-state index contributed by atoms with van der Waals surface area (Å²) in [7, 11) is 0.438. The fourth-order valence-corrected chi connectivity index (χ4v) is 0.314. The Bertz CT molecular complexity index is 131. The van der Waals surface area contributed by atoms with Crippen LogP contribution in [0.4, 0.5) is 0 Å². The summed E-state index contributed by atoms with van der Waals surface area (Å²) < 4.78 is 4.38. The third kappa shape index (κ3) is 3.44. The molecule has 0 spiro atoms. The van der Waals surface area contributed by atoms with Crippen LogP contribution in [0.5, 0.6) is 0 Å². The summed E-state index contributed by atoms with van der Waals surface area (Å²) in [5.74, 6) is 4.50. The zero-order chi connectivity index (χ0) is 6.41. The van der Waals surface area contributed by atoms with Gasteiger partial charge in [-0.15, -0.1) is 0 Å². The Hall–Kier alpha value is -0.753. The molecular weight excluding hydrogens is 120 g/mol. The SMILES string of the molecule is CCC#CC(=O)O[SiH3]. The van der Waals surface area contributed by atoms with Crippen molar-refractivity contribution in [1.29, 1.82) is 0 Å². The first kappa shape index (κ1) is 7.25. The highest BCUT2D eigenvalue weighted by atomic mass is 28.2. The molecule has 0 N–H and O–H groups in total. The van der Waals surface area contributed by atoms with E-state index in [1.54, 1.807) is 0 Å². The van der Waals surface area contributed by atoms with Crippen molar-refractivity contribution in [2.24, 2.45) is 0 Å². The van der Waals surface area contributed by atoms with Gasteiger partial charge in [0.05, 0.1) is 0 Å². The zero-order valence-electron chi connectivity index (χ0n) is 5.02. The lowest BCUT2D eigenvalue weighted by Gasteiger charge is -1.83. The quantitative estimate of drug-likeness (QED) is 0.316. The average molecular weight is 128 g/mol. The summed E-state index contributed by atoms with van der Waals surface area (Å²) in [6.45, 7) is 1.88. The maximum absolute atomic E-state index is 10.2. The average Bonchev–Trinajstić information content (AvgIpc) is 1.83. The van der Waals surface area contributed by atoms with Crippen molar-refractivity contribution >= 4 is 16.5 Å². The minimum Gasteiger partial charge on any atom is -0.519 e. The third-order valence-electron chi connectivity index (χ3n) is 0.553. The molecule has 0 bridgehead atoms. The van der Waals surface area contributed by atoms with Crippen molar-refractivity contribution in [2.45, 2.75) is 13.3 Å². The lowest BCUT2D eigenvalue weighted by molar-refractivity contribution is -0.127. The van der Waals surface area contributed by atoms with Crippen LogP contribution in [0, 0.1) is 11.8 Å². The van der Waals surface area contributed by atoms with E-state index in [2.05, 4.69) is 16.3 Å². The summed E-state index contributed by atoms with van der Waals surface area (Å²) in [6, 6.07) is 0. The van der Waals surface area contributed by atoms with E-state index in [1.165, 1.54) is 0 Å². The molecule has 0 unspecified atom stereocenters. The molecule has 0 amide bonds. The van der Waals surface area contributed by atoms with E-state index < -0.39 is 5.97 Å². The highest BCUT2D eigenvalue weighted by Crippen LogP contribution is 1.69.